The molecule has 1 nitrogen and oxygen atoms in total. The zero-order valence-electron chi connectivity index (χ0n) is 11.3. The van der Waals surface area contributed by atoms with Gasteiger partial charge in [-0.15, -0.1) is 0 Å². The molecule has 4 heteroatoms. The maximum atomic E-state index is 13.9. The van der Waals surface area contributed by atoms with E-state index in [0.29, 0.717) is 11.0 Å². The minimum absolute atomic E-state index is 0.185. The number of hydrogen-bond acceptors (Lipinski definition) is 1. The van der Waals surface area contributed by atoms with Crippen LogP contribution in [0.25, 0.3) is 0 Å². The van der Waals surface area contributed by atoms with E-state index in [0.717, 1.165) is 31.8 Å². The minimum Gasteiger partial charge on any atom is -0.299 e. The van der Waals surface area contributed by atoms with Crippen LogP contribution in [0, 0.1) is 17.6 Å². The summed E-state index contributed by atoms with van der Waals surface area (Å²) in [6.07, 6.45) is 4.69. The fraction of sp³-hybridized carbons (Fsp3) is 0.600. The highest BCUT2D eigenvalue weighted by Gasteiger charge is 2.19. The van der Waals surface area contributed by atoms with Crippen LogP contribution in [0.3, 0.4) is 0 Å². The van der Waals surface area contributed by atoms with Crippen LogP contribution >= 0.6 is 15.9 Å². The van der Waals surface area contributed by atoms with Gasteiger partial charge in [-0.3, -0.25) is 4.90 Å². The van der Waals surface area contributed by atoms with E-state index >= 15 is 0 Å². The van der Waals surface area contributed by atoms with Gasteiger partial charge in [0.2, 0.25) is 0 Å². The Hall–Kier alpha value is -0.480. The fourth-order valence-electron chi connectivity index (χ4n) is 2.73. The van der Waals surface area contributed by atoms with Gasteiger partial charge in [0.1, 0.15) is 11.6 Å². The van der Waals surface area contributed by atoms with Crippen molar-refractivity contribution < 1.29 is 8.78 Å². The second kappa shape index (κ2) is 6.80. The Balaban J connectivity index is 2.07. The van der Waals surface area contributed by atoms with Crippen LogP contribution in [0.2, 0.25) is 0 Å². The first kappa shape index (κ1) is 14.9. The Bertz CT molecular complexity index is 436. The third-order valence-electron chi connectivity index (χ3n) is 4.04. The molecule has 2 rings (SSSR count). The highest BCUT2D eigenvalue weighted by molar-refractivity contribution is 9.10. The summed E-state index contributed by atoms with van der Waals surface area (Å²) in [6.45, 7) is 4.45. The standard InChI is InChI=1S/C15H20BrF2N/c1-2-11-4-3-8-19(9-7-11)10-12-14(17)6-5-13(16)15(12)18/h5-6,11H,2-4,7-10H2,1H3. The summed E-state index contributed by atoms with van der Waals surface area (Å²) < 4.78 is 28.0. The molecule has 1 heterocycles. The van der Waals surface area contributed by atoms with E-state index in [1.165, 1.54) is 25.0 Å². The third kappa shape index (κ3) is 3.76. The van der Waals surface area contributed by atoms with Crippen molar-refractivity contribution in [2.75, 3.05) is 13.1 Å². The Labute approximate surface area is 122 Å². The van der Waals surface area contributed by atoms with Gasteiger partial charge in [0, 0.05) is 12.1 Å². The van der Waals surface area contributed by atoms with Crippen molar-refractivity contribution in [3.8, 4) is 0 Å². The van der Waals surface area contributed by atoms with Gasteiger partial charge >= 0.3 is 0 Å². The van der Waals surface area contributed by atoms with Crippen molar-refractivity contribution >= 4 is 15.9 Å². The van der Waals surface area contributed by atoms with Gasteiger partial charge in [-0.05, 0) is 66.3 Å². The lowest BCUT2D eigenvalue weighted by Gasteiger charge is -2.21. The van der Waals surface area contributed by atoms with E-state index in [2.05, 4.69) is 27.8 Å². The predicted molar refractivity (Wildman–Crippen MR) is 77.0 cm³/mol. The number of rotatable bonds is 3. The average molecular weight is 332 g/mol. The second-order valence-corrected chi connectivity index (χ2v) is 6.16. The number of hydrogen-bond donors (Lipinski definition) is 0. The number of likely N-dealkylation sites (tertiary alicyclic amines) is 1. The van der Waals surface area contributed by atoms with E-state index in [-0.39, 0.29) is 5.56 Å². The first-order valence-corrected chi connectivity index (χ1v) is 7.75. The lowest BCUT2D eigenvalue weighted by Crippen LogP contribution is -2.25. The van der Waals surface area contributed by atoms with Gasteiger partial charge in [-0.25, -0.2) is 8.78 Å². The predicted octanol–water partition coefficient (Wildman–Crippen LogP) is 4.74. The lowest BCUT2D eigenvalue weighted by atomic mass is 9.98. The second-order valence-electron chi connectivity index (χ2n) is 5.30. The van der Waals surface area contributed by atoms with E-state index in [4.69, 9.17) is 0 Å². The van der Waals surface area contributed by atoms with Crippen molar-refractivity contribution in [2.24, 2.45) is 5.92 Å². The van der Waals surface area contributed by atoms with E-state index in [1.54, 1.807) is 0 Å². The normalized spacial score (nSPS) is 21.4. The molecule has 0 N–H and O–H groups in total. The maximum absolute atomic E-state index is 13.9. The number of halogens is 3. The monoisotopic (exact) mass is 331 g/mol. The first-order chi connectivity index (χ1) is 9.11. The summed E-state index contributed by atoms with van der Waals surface area (Å²) in [6, 6.07) is 2.75. The van der Waals surface area contributed by atoms with Crippen LogP contribution in [-0.2, 0) is 6.54 Å². The van der Waals surface area contributed by atoms with Gasteiger partial charge < -0.3 is 0 Å². The molecular formula is C15H20BrF2N. The smallest absolute Gasteiger partial charge is 0.144 e. The van der Waals surface area contributed by atoms with Gasteiger partial charge in [-0.1, -0.05) is 13.3 Å². The van der Waals surface area contributed by atoms with Gasteiger partial charge in [0.25, 0.3) is 0 Å². The quantitative estimate of drug-likeness (QED) is 0.723. The molecule has 0 saturated carbocycles. The molecule has 1 atom stereocenters. The molecule has 1 aliphatic heterocycles. The van der Waals surface area contributed by atoms with E-state index < -0.39 is 11.6 Å². The molecule has 1 saturated heterocycles. The van der Waals surface area contributed by atoms with E-state index in [1.807, 2.05) is 0 Å². The lowest BCUT2D eigenvalue weighted by molar-refractivity contribution is 0.263. The molecule has 106 valence electrons. The molecule has 1 aromatic rings. The molecule has 1 aliphatic rings. The van der Waals surface area contributed by atoms with Gasteiger partial charge in [-0.2, -0.15) is 0 Å². The Kier molecular flexibility index (Phi) is 5.34. The van der Waals surface area contributed by atoms with Crippen LogP contribution in [-0.4, -0.2) is 18.0 Å². The van der Waals surface area contributed by atoms with Gasteiger partial charge in [0.15, 0.2) is 0 Å². The van der Waals surface area contributed by atoms with Crippen molar-refractivity contribution in [3.05, 3.63) is 33.8 Å². The molecule has 1 unspecified atom stereocenters. The summed E-state index contributed by atoms with van der Waals surface area (Å²) in [5, 5.41) is 0. The van der Waals surface area contributed by atoms with Crippen molar-refractivity contribution in [1.29, 1.82) is 0 Å². The fourth-order valence-corrected chi connectivity index (χ4v) is 3.10. The SMILES string of the molecule is CCC1CCCN(Cc2c(F)ccc(Br)c2F)CC1. The minimum atomic E-state index is -0.462. The Morgan fingerprint density at radius 1 is 1.26 bits per heavy atom. The van der Waals surface area contributed by atoms with Crippen LogP contribution in [0.15, 0.2) is 16.6 Å². The van der Waals surface area contributed by atoms with Crippen LogP contribution in [0.4, 0.5) is 8.78 Å². The highest BCUT2D eigenvalue weighted by Crippen LogP contribution is 2.25. The molecule has 19 heavy (non-hydrogen) atoms. The number of benzene rings is 1. The summed E-state index contributed by atoms with van der Waals surface area (Å²) in [5.41, 5.74) is 0.185. The number of nitrogens with zero attached hydrogens (tertiary/aromatic N) is 1. The van der Waals surface area contributed by atoms with Crippen LogP contribution in [0.5, 0.6) is 0 Å². The summed E-state index contributed by atoms with van der Waals surface area (Å²) >= 11 is 3.12. The Morgan fingerprint density at radius 3 is 2.79 bits per heavy atom. The Morgan fingerprint density at radius 2 is 2.05 bits per heavy atom. The summed E-state index contributed by atoms with van der Waals surface area (Å²) in [7, 11) is 0. The van der Waals surface area contributed by atoms with Crippen LogP contribution in [0.1, 0.15) is 38.2 Å². The molecule has 0 amide bonds. The molecule has 1 aromatic carbocycles. The zero-order chi connectivity index (χ0) is 13.8. The molecule has 0 aliphatic carbocycles. The van der Waals surface area contributed by atoms with Crippen LogP contribution < -0.4 is 0 Å². The van der Waals surface area contributed by atoms with Crippen molar-refractivity contribution in [2.45, 2.75) is 39.2 Å². The van der Waals surface area contributed by atoms with Crippen molar-refractivity contribution in [3.63, 3.8) is 0 Å². The summed E-state index contributed by atoms with van der Waals surface area (Å²) in [5.74, 6) is -0.143. The first-order valence-electron chi connectivity index (χ1n) is 6.96. The molecule has 0 bridgehead atoms. The largest absolute Gasteiger partial charge is 0.299 e. The average Bonchev–Trinajstić information content (AvgIpc) is 2.64. The molecule has 0 radical (unpaired) electrons. The third-order valence-corrected chi connectivity index (χ3v) is 4.65. The topological polar surface area (TPSA) is 3.24 Å². The molecule has 1 fully saturated rings. The molecular weight excluding hydrogens is 312 g/mol. The highest BCUT2D eigenvalue weighted by atomic mass is 79.9. The van der Waals surface area contributed by atoms with Crippen molar-refractivity contribution in [1.82, 2.24) is 4.90 Å². The maximum Gasteiger partial charge on any atom is 0.144 e. The molecule has 0 spiro atoms. The zero-order valence-corrected chi connectivity index (χ0v) is 12.8. The van der Waals surface area contributed by atoms with Gasteiger partial charge in [0.05, 0.1) is 4.47 Å². The molecule has 0 aromatic heterocycles. The van der Waals surface area contributed by atoms with E-state index in [9.17, 15) is 8.78 Å². The summed E-state index contributed by atoms with van der Waals surface area (Å²) in [4.78, 5) is 2.17.